The summed E-state index contributed by atoms with van der Waals surface area (Å²) >= 11 is 0. The van der Waals surface area contributed by atoms with Gasteiger partial charge in [-0.15, -0.1) is 0 Å². The van der Waals surface area contributed by atoms with E-state index in [1.807, 2.05) is 0 Å². The highest BCUT2D eigenvalue weighted by Crippen LogP contribution is 2.33. The molecule has 2 aromatic carbocycles. The molecule has 29 heavy (non-hydrogen) atoms. The van der Waals surface area contributed by atoms with Crippen LogP contribution >= 0.6 is 0 Å². The molecular formula is C20H21N3O5S. The number of likely N-dealkylation sites (N-methyl/N-ethyl adjacent to an activating group) is 1. The maximum absolute atomic E-state index is 12.6. The van der Waals surface area contributed by atoms with Gasteiger partial charge in [0.25, 0.3) is 11.8 Å². The van der Waals surface area contributed by atoms with Crippen LogP contribution in [-0.4, -0.2) is 51.3 Å². The lowest BCUT2D eigenvalue weighted by Gasteiger charge is -2.26. The third-order valence-corrected chi connectivity index (χ3v) is 7.04. The smallest absolute Gasteiger partial charge is 0.264 e. The van der Waals surface area contributed by atoms with Crippen LogP contribution < -0.4 is 15.0 Å². The summed E-state index contributed by atoms with van der Waals surface area (Å²) in [7, 11) is -1.86. The van der Waals surface area contributed by atoms with E-state index < -0.39 is 10.0 Å². The number of ether oxygens (including phenoxy) is 1. The molecule has 0 bridgehead atoms. The maximum atomic E-state index is 12.6. The van der Waals surface area contributed by atoms with Crippen molar-refractivity contribution < 1.29 is 22.7 Å². The highest BCUT2D eigenvalue weighted by Gasteiger charge is 2.27. The molecule has 1 N–H and O–H groups in total. The second kappa shape index (κ2) is 7.49. The zero-order chi connectivity index (χ0) is 20.6. The Morgan fingerprint density at radius 2 is 1.76 bits per heavy atom. The fourth-order valence-corrected chi connectivity index (χ4v) is 4.93. The second-order valence-corrected chi connectivity index (χ2v) is 8.95. The van der Waals surface area contributed by atoms with Gasteiger partial charge in [0.2, 0.25) is 10.0 Å². The zero-order valence-electron chi connectivity index (χ0n) is 15.9. The van der Waals surface area contributed by atoms with Crippen molar-refractivity contribution in [1.82, 2.24) is 4.31 Å². The van der Waals surface area contributed by atoms with E-state index >= 15 is 0 Å². The molecule has 2 amide bonds. The molecule has 0 radical (unpaired) electrons. The number of amides is 2. The summed E-state index contributed by atoms with van der Waals surface area (Å²) in [6.07, 6.45) is 1.73. The molecule has 0 aliphatic carbocycles. The highest BCUT2D eigenvalue weighted by molar-refractivity contribution is 7.89. The van der Waals surface area contributed by atoms with Crippen LogP contribution in [0, 0.1) is 0 Å². The van der Waals surface area contributed by atoms with E-state index in [9.17, 15) is 18.0 Å². The number of benzene rings is 2. The van der Waals surface area contributed by atoms with E-state index in [1.165, 1.54) is 33.5 Å². The Hall–Kier alpha value is -2.91. The molecule has 9 heteroatoms. The number of sulfonamides is 1. The van der Waals surface area contributed by atoms with Crippen molar-refractivity contribution in [3.8, 4) is 5.75 Å². The first kappa shape index (κ1) is 19.4. The van der Waals surface area contributed by atoms with Crippen LogP contribution in [0.2, 0.25) is 0 Å². The number of anilines is 2. The fourth-order valence-electron chi connectivity index (χ4n) is 3.41. The van der Waals surface area contributed by atoms with Crippen LogP contribution in [0.1, 0.15) is 23.2 Å². The molecule has 152 valence electrons. The lowest BCUT2D eigenvalue weighted by atomic mass is 10.2. The Morgan fingerprint density at radius 3 is 2.45 bits per heavy atom. The first-order chi connectivity index (χ1) is 13.9. The minimum absolute atomic E-state index is 0.0120. The summed E-state index contributed by atoms with van der Waals surface area (Å²) in [4.78, 5) is 26.0. The number of fused-ring (bicyclic) bond motifs is 1. The quantitative estimate of drug-likeness (QED) is 0.825. The molecule has 0 aromatic heterocycles. The molecular weight excluding hydrogens is 394 g/mol. The molecule has 0 spiro atoms. The van der Waals surface area contributed by atoms with Gasteiger partial charge in [0.1, 0.15) is 5.75 Å². The van der Waals surface area contributed by atoms with E-state index in [1.54, 1.807) is 25.2 Å². The molecule has 1 fully saturated rings. The van der Waals surface area contributed by atoms with Gasteiger partial charge in [-0.25, -0.2) is 8.42 Å². The number of carbonyl (C=O) groups excluding carboxylic acids is 2. The van der Waals surface area contributed by atoms with Gasteiger partial charge in [-0.1, -0.05) is 0 Å². The first-order valence-electron chi connectivity index (χ1n) is 9.31. The Kier molecular flexibility index (Phi) is 5.01. The predicted octanol–water partition coefficient (Wildman–Crippen LogP) is 2.08. The van der Waals surface area contributed by atoms with Gasteiger partial charge in [0.05, 0.1) is 10.6 Å². The molecule has 0 unspecified atom stereocenters. The molecule has 2 aliphatic heterocycles. The molecule has 0 saturated carbocycles. The van der Waals surface area contributed by atoms with Crippen LogP contribution in [-0.2, 0) is 14.8 Å². The third kappa shape index (κ3) is 3.70. The number of hydrogen-bond acceptors (Lipinski definition) is 5. The van der Waals surface area contributed by atoms with E-state index in [0.717, 1.165) is 12.8 Å². The van der Waals surface area contributed by atoms with E-state index in [4.69, 9.17) is 4.74 Å². The average Bonchev–Trinajstić information content (AvgIpc) is 3.27. The number of carbonyl (C=O) groups is 2. The summed E-state index contributed by atoms with van der Waals surface area (Å²) < 4.78 is 32.0. The molecule has 0 atom stereocenters. The Labute approximate surface area is 169 Å². The minimum atomic E-state index is -3.51. The number of hydrogen-bond donors (Lipinski definition) is 1. The van der Waals surface area contributed by atoms with Crippen molar-refractivity contribution in [2.45, 2.75) is 17.7 Å². The van der Waals surface area contributed by atoms with E-state index in [-0.39, 0.29) is 23.3 Å². The normalized spacial score (nSPS) is 17.0. The standard InChI is InChI=1S/C20H21N3O5S/c1-22-17-12-15(6-9-18(17)28-13-19(22)24)21-20(25)14-4-7-16(8-5-14)29(26,27)23-10-2-3-11-23/h4-9,12H,2-3,10-11,13H2,1H3,(H,21,25). The lowest BCUT2D eigenvalue weighted by Crippen LogP contribution is -2.35. The maximum Gasteiger partial charge on any atom is 0.264 e. The minimum Gasteiger partial charge on any atom is -0.482 e. The summed E-state index contributed by atoms with van der Waals surface area (Å²) in [5, 5.41) is 2.76. The highest BCUT2D eigenvalue weighted by atomic mass is 32.2. The first-order valence-corrected chi connectivity index (χ1v) is 10.8. The van der Waals surface area contributed by atoms with Crippen molar-refractivity contribution in [2.24, 2.45) is 0 Å². The zero-order valence-corrected chi connectivity index (χ0v) is 16.7. The van der Waals surface area contributed by atoms with Crippen molar-refractivity contribution in [3.05, 3.63) is 48.0 Å². The van der Waals surface area contributed by atoms with Crippen LogP contribution in [0.25, 0.3) is 0 Å². The van der Waals surface area contributed by atoms with Crippen LogP contribution in [0.5, 0.6) is 5.75 Å². The lowest BCUT2D eigenvalue weighted by molar-refractivity contribution is -0.120. The number of nitrogens with zero attached hydrogens (tertiary/aromatic N) is 2. The number of rotatable bonds is 4. The molecule has 1 saturated heterocycles. The summed E-state index contributed by atoms with van der Waals surface area (Å²) in [5.74, 6) is 0.0260. The fraction of sp³-hybridized carbons (Fsp3) is 0.300. The largest absolute Gasteiger partial charge is 0.482 e. The van der Waals surface area contributed by atoms with Gasteiger partial charge in [-0.3, -0.25) is 9.59 Å². The Morgan fingerprint density at radius 1 is 1.07 bits per heavy atom. The Balaban J connectivity index is 1.50. The van der Waals surface area contributed by atoms with Crippen molar-refractivity contribution in [2.75, 3.05) is 37.0 Å². The van der Waals surface area contributed by atoms with Gasteiger partial charge in [-0.2, -0.15) is 4.31 Å². The topological polar surface area (TPSA) is 96.0 Å². The van der Waals surface area contributed by atoms with E-state index in [0.29, 0.717) is 35.8 Å². The second-order valence-electron chi connectivity index (χ2n) is 7.01. The molecule has 2 aromatic rings. The van der Waals surface area contributed by atoms with E-state index in [2.05, 4.69) is 5.32 Å². The van der Waals surface area contributed by atoms with Gasteiger partial charge < -0.3 is 15.0 Å². The van der Waals surface area contributed by atoms with Gasteiger partial charge in [-0.05, 0) is 55.3 Å². The summed E-state index contributed by atoms with van der Waals surface area (Å²) in [5.41, 5.74) is 1.42. The van der Waals surface area contributed by atoms with Crippen molar-refractivity contribution in [1.29, 1.82) is 0 Å². The van der Waals surface area contributed by atoms with Crippen LogP contribution in [0.15, 0.2) is 47.4 Å². The molecule has 8 nitrogen and oxygen atoms in total. The van der Waals surface area contributed by atoms with Crippen LogP contribution in [0.4, 0.5) is 11.4 Å². The summed E-state index contributed by atoms with van der Waals surface area (Å²) in [6.45, 7) is 1.05. The predicted molar refractivity (Wildman–Crippen MR) is 108 cm³/mol. The third-order valence-electron chi connectivity index (χ3n) is 5.12. The average molecular weight is 415 g/mol. The van der Waals surface area contributed by atoms with Gasteiger partial charge in [0.15, 0.2) is 6.61 Å². The number of nitrogens with one attached hydrogen (secondary N) is 1. The van der Waals surface area contributed by atoms with Crippen molar-refractivity contribution in [3.63, 3.8) is 0 Å². The molecule has 2 aliphatic rings. The monoisotopic (exact) mass is 415 g/mol. The summed E-state index contributed by atoms with van der Waals surface area (Å²) in [6, 6.07) is 10.9. The molecule has 2 heterocycles. The van der Waals surface area contributed by atoms with Crippen molar-refractivity contribution >= 4 is 33.2 Å². The SMILES string of the molecule is CN1C(=O)COc2ccc(NC(=O)c3ccc(S(=O)(=O)N4CCCC4)cc3)cc21. The van der Waals surface area contributed by atoms with Gasteiger partial charge >= 0.3 is 0 Å². The van der Waals surface area contributed by atoms with Gasteiger partial charge in [0, 0.05) is 31.4 Å². The Bertz CT molecular complexity index is 1060. The van der Waals surface area contributed by atoms with Crippen LogP contribution in [0.3, 0.4) is 0 Å². The molecule has 4 rings (SSSR count).